The second kappa shape index (κ2) is 8.50. The van der Waals surface area contributed by atoms with Crippen LogP contribution in [0.1, 0.15) is 15.9 Å². The molecule has 138 valence electrons. The summed E-state index contributed by atoms with van der Waals surface area (Å²) < 4.78 is 5.10. The lowest BCUT2D eigenvalue weighted by atomic mass is 10.2. The Balaban J connectivity index is 1.59. The predicted octanol–water partition coefficient (Wildman–Crippen LogP) is 2.56. The molecule has 3 rings (SSSR count). The Kier molecular flexibility index (Phi) is 5.87. The van der Waals surface area contributed by atoms with Crippen molar-refractivity contribution in [3.05, 3.63) is 64.8 Å². The summed E-state index contributed by atoms with van der Waals surface area (Å²) in [6.07, 6.45) is 4.71. The van der Waals surface area contributed by atoms with Crippen LogP contribution >= 0.6 is 11.8 Å². The van der Waals surface area contributed by atoms with E-state index in [9.17, 15) is 14.4 Å². The zero-order valence-corrected chi connectivity index (χ0v) is 15.4. The number of thioether (sulfide) groups is 1. The molecule has 3 amide bonds. The third-order valence-corrected chi connectivity index (χ3v) is 4.76. The lowest BCUT2D eigenvalue weighted by Gasteiger charge is -2.12. The van der Waals surface area contributed by atoms with Gasteiger partial charge in [0.2, 0.25) is 0 Å². The van der Waals surface area contributed by atoms with Gasteiger partial charge in [0.15, 0.2) is 0 Å². The number of aromatic nitrogens is 1. The van der Waals surface area contributed by atoms with E-state index in [-0.39, 0.29) is 30.1 Å². The molecular weight excluding hydrogens is 366 g/mol. The first-order chi connectivity index (χ1) is 13.1. The van der Waals surface area contributed by atoms with Gasteiger partial charge in [0, 0.05) is 31.0 Å². The number of pyridine rings is 1. The average molecular weight is 383 g/mol. The number of nitrogens with one attached hydrogen (secondary N) is 1. The molecule has 2 aromatic rings. The maximum absolute atomic E-state index is 12.5. The SMILES string of the molecule is COc1ccc(C=C2SC(=O)N(CCNC(=O)c3ccncc3)C2=O)cc1. The first kappa shape index (κ1) is 18.7. The van der Waals surface area contributed by atoms with Crippen molar-refractivity contribution in [2.24, 2.45) is 0 Å². The van der Waals surface area contributed by atoms with Gasteiger partial charge in [-0.25, -0.2) is 0 Å². The molecule has 1 N–H and O–H groups in total. The monoisotopic (exact) mass is 383 g/mol. The van der Waals surface area contributed by atoms with Crippen LogP contribution in [0.3, 0.4) is 0 Å². The van der Waals surface area contributed by atoms with Gasteiger partial charge in [0.1, 0.15) is 5.75 Å². The van der Waals surface area contributed by atoms with Crippen molar-refractivity contribution in [3.63, 3.8) is 0 Å². The van der Waals surface area contributed by atoms with E-state index in [4.69, 9.17) is 4.74 Å². The Morgan fingerprint density at radius 3 is 2.56 bits per heavy atom. The van der Waals surface area contributed by atoms with Crippen molar-refractivity contribution in [3.8, 4) is 5.75 Å². The number of hydrogen-bond acceptors (Lipinski definition) is 6. The molecule has 1 saturated heterocycles. The highest BCUT2D eigenvalue weighted by Crippen LogP contribution is 2.32. The number of methoxy groups -OCH3 is 1. The summed E-state index contributed by atoms with van der Waals surface area (Å²) in [5.74, 6) is 0.0716. The first-order valence-corrected chi connectivity index (χ1v) is 8.98. The molecule has 7 nitrogen and oxygen atoms in total. The van der Waals surface area contributed by atoms with Crippen molar-refractivity contribution in [1.29, 1.82) is 0 Å². The molecule has 2 heterocycles. The second-order valence-electron chi connectivity index (χ2n) is 5.60. The highest BCUT2D eigenvalue weighted by molar-refractivity contribution is 8.18. The topological polar surface area (TPSA) is 88.6 Å². The lowest BCUT2D eigenvalue weighted by molar-refractivity contribution is -0.122. The molecule has 0 saturated carbocycles. The van der Waals surface area contributed by atoms with E-state index in [2.05, 4.69) is 10.3 Å². The van der Waals surface area contributed by atoms with Gasteiger partial charge >= 0.3 is 0 Å². The van der Waals surface area contributed by atoms with Crippen molar-refractivity contribution in [2.45, 2.75) is 0 Å². The Hall–Kier alpha value is -3.13. The molecule has 0 atom stereocenters. The van der Waals surface area contributed by atoms with Crippen molar-refractivity contribution in [1.82, 2.24) is 15.2 Å². The lowest BCUT2D eigenvalue weighted by Crippen LogP contribution is -2.37. The van der Waals surface area contributed by atoms with E-state index in [0.29, 0.717) is 16.2 Å². The molecule has 1 aliphatic heterocycles. The van der Waals surface area contributed by atoms with Crippen LogP contribution in [0.2, 0.25) is 0 Å². The van der Waals surface area contributed by atoms with Gasteiger partial charge in [-0.3, -0.25) is 24.3 Å². The molecule has 0 unspecified atom stereocenters. The highest BCUT2D eigenvalue weighted by atomic mass is 32.2. The van der Waals surface area contributed by atoms with Gasteiger partial charge < -0.3 is 10.1 Å². The van der Waals surface area contributed by atoms with Crippen LogP contribution in [0, 0.1) is 0 Å². The molecule has 8 heteroatoms. The zero-order valence-electron chi connectivity index (χ0n) is 14.5. The average Bonchev–Trinajstić information content (AvgIpc) is 2.96. The summed E-state index contributed by atoms with van der Waals surface area (Å²) >= 11 is 0.888. The number of carbonyl (C=O) groups excluding carboxylic acids is 3. The standard InChI is InChI=1S/C19H17N3O4S/c1-26-15-4-2-13(3-5-15)12-16-18(24)22(19(25)27-16)11-10-21-17(23)14-6-8-20-9-7-14/h2-9,12H,10-11H2,1H3,(H,21,23). The third kappa shape index (κ3) is 4.53. The number of rotatable bonds is 6. The molecule has 0 bridgehead atoms. The first-order valence-electron chi connectivity index (χ1n) is 8.16. The second-order valence-corrected chi connectivity index (χ2v) is 6.59. The normalized spacial score (nSPS) is 15.3. The van der Waals surface area contributed by atoms with Crippen LogP contribution in [0.25, 0.3) is 6.08 Å². The maximum Gasteiger partial charge on any atom is 0.293 e. The molecule has 1 aromatic carbocycles. The molecule has 1 fully saturated rings. The van der Waals surface area contributed by atoms with E-state index < -0.39 is 0 Å². The molecular formula is C19H17N3O4S. The number of carbonyl (C=O) groups is 3. The number of nitrogens with zero attached hydrogens (tertiary/aromatic N) is 2. The van der Waals surface area contributed by atoms with Crippen LogP contribution in [-0.2, 0) is 4.79 Å². The van der Waals surface area contributed by atoms with E-state index in [0.717, 1.165) is 22.2 Å². The van der Waals surface area contributed by atoms with Crippen LogP contribution in [-0.4, -0.2) is 47.1 Å². The summed E-state index contributed by atoms with van der Waals surface area (Å²) in [6.45, 7) is 0.288. The predicted molar refractivity (Wildman–Crippen MR) is 102 cm³/mol. The maximum atomic E-state index is 12.5. The van der Waals surface area contributed by atoms with Crippen molar-refractivity contribution >= 4 is 34.9 Å². The minimum Gasteiger partial charge on any atom is -0.497 e. The minimum atomic E-state index is -0.362. The number of hydrogen-bond donors (Lipinski definition) is 1. The molecule has 1 aromatic heterocycles. The van der Waals surface area contributed by atoms with E-state index in [1.807, 2.05) is 12.1 Å². The molecule has 27 heavy (non-hydrogen) atoms. The number of amides is 3. The van der Waals surface area contributed by atoms with Gasteiger partial charge in [-0.1, -0.05) is 12.1 Å². The fraction of sp³-hybridized carbons (Fsp3) is 0.158. The van der Waals surface area contributed by atoms with E-state index >= 15 is 0 Å². The Bertz CT molecular complexity index is 882. The highest BCUT2D eigenvalue weighted by Gasteiger charge is 2.34. The number of imide groups is 1. The van der Waals surface area contributed by atoms with Crippen LogP contribution < -0.4 is 10.1 Å². The summed E-state index contributed by atoms with van der Waals surface area (Å²) in [7, 11) is 1.58. The van der Waals surface area contributed by atoms with Crippen LogP contribution in [0.15, 0.2) is 53.7 Å². The van der Waals surface area contributed by atoms with Gasteiger partial charge in [0.25, 0.3) is 17.1 Å². The molecule has 0 aliphatic carbocycles. The Morgan fingerprint density at radius 2 is 1.89 bits per heavy atom. The molecule has 0 spiro atoms. The smallest absolute Gasteiger partial charge is 0.293 e. The van der Waals surface area contributed by atoms with E-state index in [1.165, 1.54) is 12.4 Å². The van der Waals surface area contributed by atoms with Gasteiger partial charge in [-0.05, 0) is 47.7 Å². The zero-order chi connectivity index (χ0) is 19.2. The van der Waals surface area contributed by atoms with Crippen molar-refractivity contribution in [2.75, 3.05) is 20.2 Å². The molecule has 1 aliphatic rings. The number of benzene rings is 1. The summed E-state index contributed by atoms with van der Waals surface area (Å²) in [4.78, 5) is 41.9. The molecule has 0 radical (unpaired) electrons. The van der Waals surface area contributed by atoms with E-state index in [1.54, 1.807) is 37.5 Å². The van der Waals surface area contributed by atoms with Crippen LogP contribution in [0.5, 0.6) is 5.75 Å². The Morgan fingerprint density at radius 1 is 1.19 bits per heavy atom. The van der Waals surface area contributed by atoms with Crippen molar-refractivity contribution < 1.29 is 19.1 Å². The minimum absolute atomic E-state index is 0.113. The fourth-order valence-electron chi connectivity index (χ4n) is 2.43. The number of ether oxygens (including phenoxy) is 1. The summed E-state index contributed by atoms with van der Waals surface area (Å²) in [6, 6.07) is 10.4. The summed E-state index contributed by atoms with van der Waals surface area (Å²) in [5, 5.41) is 2.34. The van der Waals surface area contributed by atoms with Gasteiger partial charge in [0.05, 0.1) is 12.0 Å². The van der Waals surface area contributed by atoms with Gasteiger partial charge in [-0.15, -0.1) is 0 Å². The van der Waals surface area contributed by atoms with Crippen LogP contribution in [0.4, 0.5) is 4.79 Å². The van der Waals surface area contributed by atoms with Gasteiger partial charge in [-0.2, -0.15) is 0 Å². The third-order valence-electron chi connectivity index (χ3n) is 3.85. The summed E-state index contributed by atoms with van der Waals surface area (Å²) in [5.41, 5.74) is 1.27. The Labute approximate surface area is 160 Å². The fourth-order valence-corrected chi connectivity index (χ4v) is 3.30. The largest absolute Gasteiger partial charge is 0.497 e. The quantitative estimate of drug-likeness (QED) is 0.772.